The number of nitrogens with two attached hydrogens (primary N) is 1. The third-order valence-electron chi connectivity index (χ3n) is 6.91. The number of carbonyl (C=O) groups excluding carboxylic acids is 2. The highest BCUT2D eigenvalue weighted by atomic mass is 35.5. The highest BCUT2D eigenvalue weighted by molar-refractivity contribution is 6.16. The Morgan fingerprint density at radius 3 is 2.73 bits per heavy atom. The molecule has 5 rings (SSSR count). The van der Waals surface area contributed by atoms with Gasteiger partial charge in [-0.15, -0.1) is 17.5 Å². The van der Waals surface area contributed by atoms with Gasteiger partial charge < -0.3 is 20.9 Å². The van der Waals surface area contributed by atoms with Crippen LogP contribution in [0.5, 0.6) is 0 Å². The molecule has 4 N–H and O–H groups in total. The standard InChI is InChI=1S/C25H24F4N6O4.ClH/c26-14-4-5-17(27)16(8-14)22-19(30)9-15(12-39-22)35-32-11-20(33-35)34-7-6-25(38,24(34)37)23(36)31-10-13-2-1-3-18(28)21(13)29;/h1-5,8,11,15,19,22,38H,6-7,9-10,12,30H2,(H,31,36);1H/t15-,19+,22-,25?;/m1./s1. The van der Waals surface area contributed by atoms with Gasteiger partial charge in [0.15, 0.2) is 17.5 Å². The molecule has 2 aliphatic heterocycles. The minimum atomic E-state index is -2.44. The summed E-state index contributed by atoms with van der Waals surface area (Å²) in [5.41, 5.74) is 3.62. The van der Waals surface area contributed by atoms with Crippen LogP contribution in [0.1, 0.15) is 36.1 Å². The third kappa shape index (κ3) is 5.39. The number of halogens is 5. The fourth-order valence-corrected chi connectivity index (χ4v) is 4.77. The molecule has 3 heterocycles. The fraction of sp³-hybridized carbons (Fsp3) is 0.360. The molecule has 1 unspecified atom stereocenters. The van der Waals surface area contributed by atoms with Crippen molar-refractivity contribution >= 4 is 30.0 Å². The molecule has 2 saturated heterocycles. The molecule has 0 spiro atoms. The Labute approximate surface area is 231 Å². The van der Waals surface area contributed by atoms with E-state index in [2.05, 4.69) is 15.5 Å². The summed E-state index contributed by atoms with van der Waals surface area (Å²) in [4.78, 5) is 28.0. The van der Waals surface area contributed by atoms with Crippen LogP contribution in [0.3, 0.4) is 0 Å². The SMILES string of the molecule is Cl.N[C@H]1C[C@@H](n2ncc(N3CCC(O)(C(=O)NCc4cccc(F)c4F)C3=O)n2)CO[C@@H]1c1cc(F)ccc1F. The van der Waals surface area contributed by atoms with Crippen LogP contribution in [-0.4, -0.2) is 56.7 Å². The number of hydrogen-bond acceptors (Lipinski definition) is 7. The molecular weight excluding hydrogens is 560 g/mol. The molecule has 2 aliphatic rings. The van der Waals surface area contributed by atoms with Crippen molar-refractivity contribution in [1.29, 1.82) is 0 Å². The number of carbonyl (C=O) groups is 2. The van der Waals surface area contributed by atoms with E-state index in [1.54, 1.807) is 0 Å². The molecule has 0 bridgehead atoms. The maximum Gasteiger partial charge on any atom is 0.270 e. The minimum absolute atomic E-state index is 0. The van der Waals surface area contributed by atoms with E-state index >= 15 is 0 Å². The van der Waals surface area contributed by atoms with Crippen LogP contribution < -0.4 is 16.0 Å². The zero-order chi connectivity index (χ0) is 27.9. The van der Waals surface area contributed by atoms with E-state index in [4.69, 9.17) is 10.5 Å². The molecule has 2 aromatic carbocycles. The Bertz CT molecular complexity index is 1430. The molecule has 0 saturated carbocycles. The lowest BCUT2D eigenvalue weighted by molar-refractivity contribution is -0.149. The van der Waals surface area contributed by atoms with Crippen molar-refractivity contribution in [3.63, 3.8) is 0 Å². The molecule has 0 aliphatic carbocycles. The summed E-state index contributed by atoms with van der Waals surface area (Å²) >= 11 is 0. The van der Waals surface area contributed by atoms with Crippen LogP contribution in [0.2, 0.25) is 0 Å². The van der Waals surface area contributed by atoms with Gasteiger partial charge in [0, 0.05) is 36.7 Å². The lowest BCUT2D eigenvalue weighted by Gasteiger charge is -2.34. The van der Waals surface area contributed by atoms with Crippen molar-refractivity contribution in [2.24, 2.45) is 5.73 Å². The molecule has 214 valence electrons. The lowest BCUT2D eigenvalue weighted by Crippen LogP contribution is -2.52. The van der Waals surface area contributed by atoms with Crippen molar-refractivity contribution in [2.45, 2.75) is 43.2 Å². The predicted molar refractivity (Wildman–Crippen MR) is 134 cm³/mol. The summed E-state index contributed by atoms with van der Waals surface area (Å²) in [7, 11) is 0. The van der Waals surface area contributed by atoms with Crippen LogP contribution in [0.4, 0.5) is 23.4 Å². The summed E-state index contributed by atoms with van der Waals surface area (Å²) < 4.78 is 60.8. The lowest BCUT2D eigenvalue weighted by atomic mass is 9.94. The number of ether oxygens (including phenoxy) is 1. The zero-order valence-electron chi connectivity index (χ0n) is 20.8. The molecule has 3 aromatic rings. The smallest absolute Gasteiger partial charge is 0.270 e. The van der Waals surface area contributed by atoms with Crippen LogP contribution in [0.25, 0.3) is 0 Å². The van der Waals surface area contributed by atoms with Gasteiger partial charge >= 0.3 is 0 Å². The minimum Gasteiger partial charge on any atom is -0.372 e. The van der Waals surface area contributed by atoms with Crippen molar-refractivity contribution in [1.82, 2.24) is 20.3 Å². The molecule has 2 fully saturated rings. The van der Waals surface area contributed by atoms with Crippen molar-refractivity contribution < 1.29 is 37.0 Å². The summed E-state index contributed by atoms with van der Waals surface area (Å²) in [5.74, 6) is -5.44. The van der Waals surface area contributed by atoms with Crippen LogP contribution in [-0.2, 0) is 20.9 Å². The van der Waals surface area contributed by atoms with Crippen molar-refractivity contribution in [3.8, 4) is 0 Å². The average molecular weight is 585 g/mol. The first-order valence-corrected chi connectivity index (χ1v) is 12.1. The van der Waals surface area contributed by atoms with Crippen LogP contribution >= 0.6 is 12.4 Å². The summed E-state index contributed by atoms with van der Waals surface area (Å²) in [5, 5.41) is 21.5. The number of aromatic nitrogens is 3. The highest BCUT2D eigenvalue weighted by Crippen LogP contribution is 2.34. The number of amides is 2. The molecule has 4 atom stereocenters. The molecule has 40 heavy (non-hydrogen) atoms. The topological polar surface area (TPSA) is 136 Å². The van der Waals surface area contributed by atoms with E-state index in [1.807, 2.05) is 0 Å². The van der Waals surface area contributed by atoms with Gasteiger partial charge in [-0.05, 0) is 30.7 Å². The number of hydrogen-bond donors (Lipinski definition) is 3. The van der Waals surface area contributed by atoms with Crippen LogP contribution in [0, 0.1) is 23.3 Å². The third-order valence-corrected chi connectivity index (χ3v) is 6.91. The number of rotatable bonds is 6. The van der Waals surface area contributed by atoms with E-state index in [9.17, 15) is 32.3 Å². The molecule has 0 radical (unpaired) electrons. The Balaban J connectivity index is 0.00000370. The molecule has 10 nitrogen and oxygen atoms in total. The maximum atomic E-state index is 14.2. The van der Waals surface area contributed by atoms with E-state index in [1.165, 1.54) is 23.1 Å². The first kappa shape index (κ1) is 29.4. The Kier molecular flexibility index (Phi) is 8.44. The van der Waals surface area contributed by atoms with E-state index in [0.717, 1.165) is 29.2 Å². The predicted octanol–water partition coefficient (Wildman–Crippen LogP) is 2.07. The second-order valence-electron chi connectivity index (χ2n) is 9.46. The molecule has 1 aromatic heterocycles. The highest BCUT2D eigenvalue weighted by Gasteiger charge is 2.52. The van der Waals surface area contributed by atoms with Crippen molar-refractivity contribution in [2.75, 3.05) is 18.1 Å². The van der Waals surface area contributed by atoms with Gasteiger partial charge in [0.25, 0.3) is 11.8 Å². The van der Waals surface area contributed by atoms with E-state index < -0.39 is 65.4 Å². The number of benzene rings is 2. The van der Waals surface area contributed by atoms with Gasteiger partial charge in [-0.1, -0.05) is 12.1 Å². The number of anilines is 1. The number of aliphatic hydroxyl groups is 1. The monoisotopic (exact) mass is 584 g/mol. The Morgan fingerprint density at radius 1 is 1.20 bits per heavy atom. The largest absolute Gasteiger partial charge is 0.372 e. The van der Waals surface area contributed by atoms with Crippen LogP contribution in [0.15, 0.2) is 42.6 Å². The van der Waals surface area contributed by atoms with Gasteiger partial charge in [-0.2, -0.15) is 9.90 Å². The number of nitrogens with one attached hydrogen (secondary N) is 1. The Hall–Kier alpha value is -3.59. The second-order valence-corrected chi connectivity index (χ2v) is 9.46. The zero-order valence-corrected chi connectivity index (χ0v) is 21.6. The first-order chi connectivity index (χ1) is 18.6. The first-order valence-electron chi connectivity index (χ1n) is 12.1. The second kappa shape index (κ2) is 11.5. The summed E-state index contributed by atoms with van der Waals surface area (Å²) in [6.07, 6.45) is 0.384. The summed E-state index contributed by atoms with van der Waals surface area (Å²) in [6, 6.07) is 5.31. The van der Waals surface area contributed by atoms with Gasteiger partial charge in [0.2, 0.25) is 5.60 Å². The molecule has 2 amide bonds. The van der Waals surface area contributed by atoms with Gasteiger partial charge in [0.1, 0.15) is 17.7 Å². The normalized spacial score (nSPS) is 24.6. The number of nitrogens with zero attached hydrogens (tertiary/aromatic N) is 4. The van der Waals surface area contributed by atoms with Gasteiger partial charge in [-0.25, -0.2) is 17.6 Å². The van der Waals surface area contributed by atoms with E-state index in [0.29, 0.717) is 0 Å². The van der Waals surface area contributed by atoms with Gasteiger partial charge in [0.05, 0.1) is 18.8 Å². The van der Waals surface area contributed by atoms with Gasteiger partial charge in [-0.3, -0.25) is 14.5 Å². The quantitative estimate of drug-likeness (QED) is 0.298. The van der Waals surface area contributed by atoms with E-state index in [-0.39, 0.29) is 55.3 Å². The average Bonchev–Trinajstić information content (AvgIpc) is 3.51. The van der Waals surface area contributed by atoms with Crippen molar-refractivity contribution in [3.05, 3.63) is 77.0 Å². The molecule has 15 heteroatoms. The maximum absolute atomic E-state index is 14.2. The Morgan fingerprint density at radius 2 is 1.98 bits per heavy atom. The molecular formula is C25H25ClF4N6O4. The summed E-state index contributed by atoms with van der Waals surface area (Å²) in [6.45, 7) is -0.465. The fourth-order valence-electron chi connectivity index (χ4n) is 4.77.